The third-order valence-corrected chi connectivity index (χ3v) is 3.42. The van der Waals surface area contributed by atoms with Crippen molar-refractivity contribution in [3.05, 3.63) is 46.2 Å². The first-order valence-corrected chi connectivity index (χ1v) is 6.18. The molecule has 16 heavy (non-hydrogen) atoms. The van der Waals surface area contributed by atoms with Crippen molar-refractivity contribution in [1.29, 1.82) is 0 Å². The molecule has 0 spiro atoms. The predicted octanol–water partition coefficient (Wildman–Crippen LogP) is 2.41. The quantitative estimate of drug-likeness (QED) is 0.881. The maximum absolute atomic E-state index is 4.61. The van der Waals surface area contributed by atoms with Gasteiger partial charge in [-0.2, -0.15) is 0 Å². The second-order valence-electron chi connectivity index (χ2n) is 3.71. The summed E-state index contributed by atoms with van der Waals surface area (Å²) in [6, 6.07) is 4.38. The minimum absolute atomic E-state index is 0.322. The van der Waals surface area contributed by atoms with Gasteiger partial charge in [0.2, 0.25) is 0 Å². The standard InChI is InChI=1S/C12H15N3S/c1-9(13-2)11-8-16-12(15-11)7-10-3-5-14-6-4-10/h3-6,8-9,13H,7H2,1-2H3. The summed E-state index contributed by atoms with van der Waals surface area (Å²) in [6.45, 7) is 2.12. The van der Waals surface area contributed by atoms with E-state index in [1.165, 1.54) is 5.56 Å². The number of rotatable bonds is 4. The van der Waals surface area contributed by atoms with Crippen LogP contribution in [0.5, 0.6) is 0 Å². The lowest BCUT2D eigenvalue weighted by Gasteiger charge is -2.04. The van der Waals surface area contributed by atoms with E-state index >= 15 is 0 Å². The van der Waals surface area contributed by atoms with E-state index in [1.54, 1.807) is 11.3 Å². The van der Waals surface area contributed by atoms with Crippen molar-refractivity contribution in [3.63, 3.8) is 0 Å². The Bertz CT molecular complexity index is 439. The summed E-state index contributed by atoms with van der Waals surface area (Å²) in [5, 5.41) is 6.47. The van der Waals surface area contributed by atoms with Gasteiger partial charge >= 0.3 is 0 Å². The predicted molar refractivity (Wildman–Crippen MR) is 66.6 cm³/mol. The van der Waals surface area contributed by atoms with Gasteiger partial charge in [0.1, 0.15) is 0 Å². The smallest absolute Gasteiger partial charge is 0.0972 e. The fourth-order valence-electron chi connectivity index (χ4n) is 1.43. The molecule has 1 atom stereocenters. The van der Waals surface area contributed by atoms with Crippen molar-refractivity contribution in [3.8, 4) is 0 Å². The first kappa shape index (κ1) is 11.2. The molecule has 0 saturated heterocycles. The van der Waals surface area contributed by atoms with E-state index in [2.05, 4.69) is 27.6 Å². The Hall–Kier alpha value is -1.26. The molecular formula is C12H15N3S. The van der Waals surface area contributed by atoms with E-state index in [4.69, 9.17) is 0 Å². The van der Waals surface area contributed by atoms with Gasteiger partial charge in [-0.1, -0.05) is 0 Å². The molecule has 0 aliphatic heterocycles. The summed E-state index contributed by atoms with van der Waals surface area (Å²) in [6.07, 6.45) is 4.53. The fourth-order valence-corrected chi connectivity index (χ4v) is 2.35. The molecule has 84 valence electrons. The SMILES string of the molecule is CNC(C)c1csc(Cc2ccncc2)n1. The number of hydrogen-bond donors (Lipinski definition) is 1. The van der Waals surface area contributed by atoms with Crippen LogP contribution in [0.4, 0.5) is 0 Å². The first-order chi connectivity index (χ1) is 7.79. The Kier molecular flexibility index (Phi) is 3.64. The minimum Gasteiger partial charge on any atom is -0.312 e. The maximum Gasteiger partial charge on any atom is 0.0972 e. The van der Waals surface area contributed by atoms with Crippen molar-refractivity contribution in [2.75, 3.05) is 7.05 Å². The van der Waals surface area contributed by atoms with E-state index in [0.29, 0.717) is 6.04 Å². The largest absolute Gasteiger partial charge is 0.312 e. The van der Waals surface area contributed by atoms with Gasteiger partial charge in [0.25, 0.3) is 0 Å². The maximum atomic E-state index is 4.61. The van der Waals surface area contributed by atoms with Gasteiger partial charge < -0.3 is 5.32 Å². The number of thiazole rings is 1. The van der Waals surface area contributed by atoms with Crippen LogP contribution in [0.3, 0.4) is 0 Å². The molecular weight excluding hydrogens is 218 g/mol. The first-order valence-electron chi connectivity index (χ1n) is 5.30. The van der Waals surface area contributed by atoms with E-state index < -0.39 is 0 Å². The highest BCUT2D eigenvalue weighted by Gasteiger charge is 2.08. The van der Waals surface area contributed by atoms with Crippen LogP contribution in [0.25, 0.3) is 0 Å². The van der Waals surface area contributed by atoms with Crippen LogP contribution in [-0.2, 0) is 6.42 Å². The summed E-state index contributed by atoms with van der Waals surface area (Å²) >= 11 is 1.72. The summed E-state index contributed by atoms with van der Waals surface area (Å²) in [7, 11) is 1.95. The molecule has 1 N–H and O–H groups in total. The van der Waals surface area contributed by atoms with Gasteiger partial charge in [0.15, 0.2) is 0 Å². The molecule has 2 aromatic heterocycles. The topological polar surface area (TPSA) is 37.8 Å². The molecule has 0 saturated carbocycles. The molecule has 2 heterocycles. The third kappa shape index (κ3) is 2.65. The molecule has 0 amide bonds. The number of pyridine rings is 1. The van der Waals surface area contributed by atoms with Gasteiger partial charge in [-0.25, -0.2) is 4.98 Å². The monoisotopic (exact) mass is 233 g/mol. The zero-order valence-corrected chi connectivity index (χ0v) is 10.3. The second-order valence-corrected chi connectivity index (χ2v) is 4.65. The average Bonchev–Trinajstić information content (AvgIpc) is 2.78. The van der Waals surface area contributed by atoms with E-state index in [9.17, 15) is 0 Å². The van der Waals surface area contributed by atoms with Gasteiger partial charge in [0, 0.05) is 30.2 Å². The summed E-state index contributed by atoms with van der Waals surface area (Å²) in [5.41, 5.74) is 2.38. The van der Waals surface area contributed by atoms with Crippen molar-refractivity contribution < 1.29 is 0 Å². The number of aromatic nitrogens is 2. The highest BCUT2D eigenvalue weighted by atomic mass is 32.1. The molecule has 1 unspecified atom stereocenters. The van der Waals surface area contributed by atoms with Crippen LogP contribution < -0.4 is 5.32 Å². The fraction of sp³-hybridized carbons (Fsp3) is 0.333. The van der Waals surface area contributed by atoms with Crippen LogP contribution in [0.2, 0.25) is 0 Å². The number of nitrogens with zero attached hydrogens (tertiary/aromatic N) is 2. The Morgan fingerprint density at radius 1 is 1.38 bits per heavy atom. The second kappa shape index (κ2) is 5.18. The summed E-state index contributed by atoms with van der Waals surface area (Å²) < 4.78 is 0. The molecule has 2 aromatic rings. The number of hydrogen-bond acceptors (Lipinski definition) is 4. The van der Waals surface area contributed by atoms with Crippen LogP contribution in [0, 0.1) is 0 Å². The highest BCUT2D eigenvalue weighted by molar-refractivity contribution is 7.09. The van der Waals surface area contributed by atoms with Crippen molar-refractivity contribution in [2.24, 2.45) is 0 Å². The van der Waals surface area contributed by atoms with Gasteiger partial charge in [-0.3, -0.25) is 4.98 Å². The van der Waals surface area contributed by atoms with Gasteiger partial charge in [0.05, 0.1) is 10.7 Å². The van der Waals surface area contributed by atoms with Crippen LogP contribution in [0.15, 0.2) is 29.9 Å². The molecule has 4 heteroatoms. The van der Waals surface area contributed by atoms with Gasteiger partial charge in [-0.15, -0.1) is 11.3 Å². The van der Waals surface area contributed by atoms with Crippen LogP contribution in [-0.4, -0.2) is 17.0 Å². The van der Waals surface area contributed by atoms with Crippen molar-refractivity contribution in [2.45, 2.75) is 19.4 Å². The third-order valence-electron chi connectivity index (χ3n) is 2.55. The summed E-state index contributed by atoms with van der Waals surface area (Å²) in [5.74, 6) is 0. The Labute approximate surface area is 99.6 Å². The molecule has 3 nitrogen and oxygen atoms in total. The lowest BCUT2D eigenvalue weighted by atomic mass is 10.2. The average molecular weight is 233 g/mol. The zero-order valence-electron chi connectivity index (χ0n) is 9.47. The van der Waals surface area contributed by atoms with E-state index in [1.807, 2.05) is 31.6 Å². The summed E-state index contributed by atoms with van der Waals surface area (Å²) in [4.78, 5) is 8.62. The molecule has 0 aromatic carbocycles. The van der Waals surface area contributed by atoms with E-state index in [0.717, 1.165) is 17.1 Å². The lowest BCUT2D eigenvalue weighted by molar-refractivity contribution is 0.635. The van der Waals surface area contributed by atoms with Crippen molar-refractivity contribution >= 4 is 11.3 Å². The normalized spacial score (nSPS) is 12.6. The minimum atomic E-state index is 0.322. The zero-order chi connectivity index (χ0) is 11.4. The van der Waals surface area contributed by atoms with Crippen LogP contribution >= 0.6 is 11.3 Å². The molecule has 0 aliphatic rings. The Morgan fingerprint density at radius 3 is 2.81 bits per heavy atom. The van der Waals surface area contributed by atoms with E-state index in [-0.39, 0.29) is 0 Å². The highest BCUT2D eigenvalue weighted by Crippen LogP contribution is 2.18. The molecule has 0 radical (unpaired) electrons. The molecule has 0 fully saturated rings. The van der Waals surface area contributed by atoms with Gasteiger partial charge in [-0.05, 0) is 31.7 Å². The number of nitrogens with one attached hydrogen (secondary N) is 1. The Balaban J connectivity index is 2.09. The Morgan fingerprint density at radius 2 is 2.12 bits per heavy atom. The molecule has 0 aliphatic carbocycles. The molecule has 2 rings (SSSR count). The lowest BCUT2D eigenvalue weighted by Crippen LogP contribution is -2.12. The molecule has 0 bridgehead atoms. The van der Waals surface area contributed by atoms with Crippen molar-refractivity contribution in [1.82, 2.24) is 15.3 Å². The van der Waals surface area contributed by atoms with Crippen LogP contribution in [0.1, 0.15) is 29.2 Å².